The van der Waals surface area contributed by atoms with E-state index in [9.17, 15) is 0 Å². The Kier molecular flexibility index (Phi) is 1.61. The lowest BCUT2D eigenvalue weighted by molar-refractivity contribution is 0.283. The maximum Gasteiger partial charge on any atom is 0.110 e. The van der Waals surface area contributed by atoms with Crippen LogP contribution in [0.5, 0.6) is 0 Å². The van der Waals surface area contributed by atoms with E-state index in [2.05, 4.69) is 9.97 Å². The molecule has 0 spiro atoms. The normalized spacial score (nSPS) is 16.4. The van der Waals surface area contributed by atoms with Gasteiger partial charge in [-0.1, -0.05) is 12.1 Å². The summed E-state index contributed by atoms with van der Waals surface area (Å²) in [6.07, 6.45) is 2.49. The third-order valence-corrected chi connectivity index (χ3v) is 2.75. The third-order valence-electron chi connectivity index (χ3n) is 2.75. The van der Waals surface area contributed by atoms with Crippen molar-refractivity contribution in [1.82, 2.24) is 9.97 Å². The zero-order valence-electron chi connectivity index (χ0n) is 7.83. The molecule has 1 aliphatic carbocycles. The van der Waals surface area contributed by atoms with Crippen molar-refractivity contribution in [3.05, 3.63) is 29.6 Å². The molecular formula is C11H12N2O. The Hall–Kier alpha value is -1.35. The van der Waals surface area contributed by atoms with E-state index < -0.39 is 0 Å². The molecule has 2 aromatic rings. The molecule has 14 heavy (non-hydrogen) atoms. The average Bonchev–Trinajstić information content (AvgIpc) is 2.97. The number of para-hydroxylation sites is 1. The Labute approximate surface area is 81.8 Å². The fourth-order valence-corrected chi connectivity index (χ4v) is 1.79. The van der Waals surface area contributed by atoms with Crippen molar-refractivity contribution in [2.75, 3.05) is 0 Å². The number of fused-ring (bicyclic) bond motifs is 1. The van der Waals surface area contributed by atoms with Crippen LogP contribution in [0.2, 0.25) is 0 Å². The number of aliphatic hydroxyl groups excluding tert-OH is 1. The highest BCUT2D eigenvalue weighted by Gasteiger charge is 2.26. The Morgan fingerprint density at radius 1 is 1.43 bits per heavy atom. The van der Waals surface area contributed by atoms with Crippen molar-refractivity contribution in [2.45, 2.75) is 25.4 Å². The second-order valence-electron chi connectivity index (χ2n) is 3.87. The maximum atomic E-state index is 9.15. The number of benzene rings is 1. The summed E-state index contributed by atoms with van der Waals surface area (Å²) in [6, 6.07) is 5.87. The number of aromatic amines is 1. The monoisotopic (exact) mass is 188 g/mol. The number of hydrogen-bond donors (Lipinski definition) is 2. The highest BCUT2D eigenvalue weighted by atomic mass is 16.3. The van der Waals surface area contributed by atoms with Crippen LogP contribution in [0, 0.1) is 0 Å². The molecule has 3 rings (SSSR count). The van der Waals surface area contributed by atoms with E-state index in [-0.39, 0.29) is 6.61 Å². The lowest BCUT2D eigenvalue weighted by Crippen LogP contribution is -1.84. The Bertz CT molecular complexity index is 471. The number of hydrogen-bond acceptors (Lipinski definition) is 2. The summed E-state index contributed by atoms with van der Waals surface area (Å²) in [5.41, 5.74) is 2.88. The van der Waals surface area contributed by atoms with Crippen LogP contribution >= 0.6 is 0 Å². The lowest BCUT2D eigenvalue weighted by atomic mass is 10.2. The average molecular weight is 188 g/mol. The lowest BCUT2D eigenvalue weighted by Gasteiger charge is -1.94. The molecule has 0 bridgehead atoms. The molecule has 3 heteroatoms. The molecule has 1 heterocycles. The number of nitrogens with zero attached hydrogens (tertiary/aromatic N) is 1. The van der Waals surface area contributed by atoms with Gasteiger partial charge in [0.15, 0.2) is 0 Å². The van der Waals surface area contributed by atoms with Crippen LogP contribution in [0.4, 0.5) is 0 Å². The number of imidazole rings is 1. The van der Waals surface area contributed by atoms with Gasteiger partial charge in [0.05, 0.1) is 17.6 Å². The van der Waals surface area contributed by atoms with Gasteiger partial charge in [-0.05, 0) is 18.9 Å². The van der Waals surface area contributed by atoms with Crippen LogP contribution in [-0.4, -0.2) is 15.1 Å². The first-order valence-corrected chi connectivity index (χ1v) is 4.97. The van der Waals surface area contributed by atoms with E-state index >= 15 is 0 Å². The fraction of sp³-hybridized carbons (Fsp3) is 0.364. The van der Waals surface area contributed by atoms with Gasteiger partial charge in [0.2, 0.25) is 0 Å². The minimum Gasteiger partial charge on any atom is -0.392 e. The zero-order chi connectivity index (χ0) is 9.54. The smallest absolute Gasteiger partial charge is 0.110 e. The van der Waals surface area contributed by atoms with Crippen LogP contribution in [0.3, 0.4) is 0 Å². The largest absolute Gasteiger partial charge is 0.392 e. The van der Waals surface area contributed by atoms with E-state index in [0.717, 1.165) is 22.4 Å². The summed E-state index contributed by atoms with van der Waals surface area (Å²) in [5.74, 6) is 1.72. The molecule has 0 amide bonds. The summed E-state index contributed by atoms with van der Waals surface area (Å²) >= 11 is 0. The molecule has 1 aromatic heterocycles. The van der Waals surface area contributed by atoms with Crippen LogP contribution in [0.1, 0.15) is 30.1 Å². The molecule has 72 valence electrons. The van der Waals surface area contributed by atoms with Gasteiger partial charge >= 0.3 is 0 Å². The molecule has 0 aliphatic heterocycles. The number of nitrogens with one attached hydrogen (secondary N) is 1. The molecular weight excluding hydrogens is 176 g/mol. The summed E-state index contributed by atoms with van der Waals surface area (Å²) in [4.78, 5) is 7.84. The predicted molar refractivity (Wildman–Crippen MR) is 54.0 cm³/mol. The van der Waals surface area contributed by atoms with Gasteiger partial charge < -0.3 is 10.1 Å². The van der Waals surface area contributed by atoms with Crippen molar-refractivity contribution in [3.8, 4) is 0 Å². The highest BCUT2D eigenvalue weighted by Crippen LogP contribution is 2.39. The first-order chi connectivity index (χ1) is 6.88. The van der Waals surface area contributed by atoms with Gasteiger partial charge in [-0.3, -0.25) is 0 Å². The van der Waals surface area contributed by atoms with E-state index in [1.165, 1.54) is 12.8 Å². The van der Waals surface area contributed by atoms with E-state index in [1.54, 1.807) is 0 Å². The maximum absolute atomic E-state index is 9.15. The molecule has 1 saturated carbocycles. The Morgan fingerprint density at radius 2 is 2.29 bits per heavy atom. The van der Waals surface area contributed by atoms with Crippen LogP contribution in [0.25, 0.3) is 11.0 Å². The number of aliphatic hydroxyl groups is 1. The topological polar surface area (TPSA) is 48.9 Å². The summed E-state index contributed by atoms with van der Waals surface area (Å²) < 4.78 is 0. The summed E-state index contributed by atoms with van der Waals surface area (Å²) in [5, 5.41) is 9.15. The van der Waals surface area contributed by atoms with Gasteiger partial charge in [0, 0.05) is 11.5 Å². The third kappa shape index (κ3) is 1.13. The van der Waals surface area contributed by atoms with Gasteiger partial charge in [0.25, 0.3) is 0 Å². The van der Waals surface area contributed by atoms with E-state index in [4.69, 9.17) is 5.11 Å². The molecule has 3 nitrogen and oxygen atoms in total. The second-order valence-corrected chi connectivity index (χ2v) is 3.87. The molecule has 1 aliphatic rings. The van der Waals surface area contributed by atoms with Crippen molar-refractivity contribution >= 4 is 11.0 Å². The van der Waals surface area contributed by atoms with Gasteiger partial charge in [-0.15, -0.1) is 0 Å². The molecule has 0 radical (unpaired) electrons. The molecule has 0 saturated heterocycles. The standard InChI is InChI=1S/C11H12N2O/c14-6-8-2-1-3-9-10(8)13-11(12-9)7-4-5-7/h1-3,7,14H,4-6H2,(H,12,13). The predicted octanol–water partition coefficient (Wildman–Crippen LogP) is 1.93. The second kappa shape index (κ2) is 2.82. The minimum absolute atomic E-state index is 0.0618. The number of H-pyrrole nitrogens is 1. The van der Waals surface area contributed by atoms with Gasteiger partial charge in [0.1, 0.15) is 5.82 Å². The Morgan fingerprint density at radius 3 is 3.00 bits per heavy atom. The molecule has 1 aromatic carbocycles. The Balaban J connectivity index is 2.20. The minimum atomic E-state index is 0.0618. The molecule has 1 fully saturated rings. The summed E-state index contributed by atoms with van der Waals surface area (Å²) in [7, 11) is 0. The van der Waals surface area contributed by atoms with Crippen LogP contribution in [0.15, 0.2) is 18.2 Å². The van der Waals surface area contributed by atoms with Crippen molar-refractivity contribution in [2.24, 2.45) is 0 Å². The molecule has 2 N–H and O–H groups in total. The first kappa shape index (κ1) is 8.00. The first-order valence-electron chi connectivity index (χ1n) is 4.97. The summed E-state index contributed by atoms with van der Waals surface area (Å²) in [6.45, 7) is 0.0618. The van der Waals surface area contributed by atoms with Crippen LogP contribution < -0.4 is 0 Å². The van der Waals surface area contributed by atoms with E-state index in [0.29, 0.717) is 5.92 Å². The van der Waals surface area contributed by atoms with E-state index in [1.807, 2.05) is 18.2 Å². The fourth-order valence-electron chi connectivity index (χ4n) is 1.79. The van der Waals surface area contributed by atoms with Gasteiger partial charge in [-0.25, -0.2) is 4.98 Å². The highest BCUT2D eigenvalue weighted by molar-refractivity contribution is 5.78. The van der Waals surface area contributed by atoms with Gasteiger partial charge in [-0.2, -0.15) is 0 Å². The SMILES string of the molecule is OCc1cccc2[nH]c(C3CC3)nc12. The van der Waals surface area contributed by atoms with Crippen molar-refractivity contribution in [3.63, 3.8) is 0 Å². The number of rotatable bonds is 2. The van der Waals surface area contributed by atoms with Crippen molar-refractivity contribution in [1.29, 1.82) is 0 Å². The molecule has 0 unspecified atom stereocenters. The number of aromatic nitrogens is 2. The zero-order valence-corrected chi connectivity index (χ0v) is 7.83. The quantitative estimate of drug-likeness (QED) is 0.756. The molecule has 0 atom stereocenters. The van der Waals surface area contributed by atoms with Crippen molar-refractivity contribution < 1.29 is 5.11 Å². The van der Waals surface area contributed by atoms with Crippen LogP contribution in [-0.2, 0) is 6.61 Å².